The highest BCUT2D eigenvalue weighted by molar-refractivity contribution is 8.27. The van der Waals surface area contributed by atoms with E-state index in [4.69, 9.17) is 40.2 Å². The SMILES string of the molecule is O=C(COc1cccc(/C=C2\SC(=S)N(c3ccc(Cl)cc3)C2=O)c1)Nc1ccc(Cl)cc1. The molecule has 5 nitrogen and oxygen atoms in total. The molecule has 1 heterocycles. The van der Waals surface area contributed by atoms with Gasteiger partial charge in [0.05, 0.1) is 10.6 Å². The number of anilines is 2. The number of thiocarbonyl (C=S) groups is 1. The van der Waals surface area contributed by atoms with Crippen LogP contribution in [0.1, 0.15) is 5.56 Å². The highest BCUT2D eigenvalue weighted by Gasteiger charge is 2.33. The molecule has 0 unspecified atom stereocenters. The molecule has 4 rings (SSSR count). The van der Waals surface area contributed by atoms with Gasteiger partial charge in [0.1, 0.15) is 5.75 Å². The van der Waals surface area contributed by atoms with Gasteiger partial charge in [-0.05, 0) is 72.3 Å². The number of halogens is 2. The van der Waals surface area contributed by atoms with Crippen molar-refractivity contribution in [2.45, 2.75) is 0 Å². The van der Waals surface area contributed by atoms with E-state index in [1.54, 1.807) is 72.8 Å². The Morgan fingerprint density at radius 3 is 2.39 bits per heavy atom. The maximum atomic E-state index is 12.9. The molecule has 1 aliphatic heterocycles. The van der Waals surface area contributed by atoms with Crippen LogP contribution in [0, 0.1) is 0 Å². The molecule has 0 spiro atoms. The Bertz CT molecular complexity index is 1250. The summed E-state index contributed by atoms with van der Waals surface area (Å²) in [5.41, 5.74) is 2.04. The third kappa shape index (κ3) is 5.94. The number of thioether (sulfide) groups is 1. The quantitative estimate of drug-likeness (QED) is 0.304. The van der Waals surface area contributed by atoms with Gasteiger partial charge in [-0.1, -0.05) is 59.3 Å². The van der Waals surface area contributed by atoms with E-state index in [-0.39, 0.29) is 18.4 Å². The van der Waals surface area contributed by atoms with Crippen molar-refractivity contribution >= 4 is 80.8 Å². The maximum Gasteiger partial charge on any atom is 0.270 e. The van der Waals surface area contributed by atoms with Gasteiger partial charge in [0.2, 0.25) is 0 Å². The molecule has 1 fully saturated rings. The van der Waals surface area contributed by atoms with Gasteiger partial charge in [-0.2, -0.15) is 0 Å². The number of nitrogens with zero attached hydrogens (tertiary/aromatic N) is 1. The van der Waals surface area contributed by atoms with Gasteiger partial charge in [0.25, 0.3) is 11.8 Å². The van der Waals surface area contributed by atoms with Crippen LogP contribution in [0.4, 0.5) is 11.4 Å². The van der Waals surface area contributed by atoms with Crippen LogP contribution in [0.25, 0.3) is 6.08 Å². The number of rotatable bonds is 6. The van der Waals surface area contributed by atoms with Crippen LogP contribution in [0.5, 0.6) is 5.75 Å². The van der Waals surface area contributed by atoms with Gasteiger partial charge < -0.3 is 10.1 Å². The first kappa shape index (κ1) is 23.3. The van der Waals surface area contributed by atoms with Crippen molar-refractivity contribution in [3.05, 3.63) is 93.3 Å². The van der Waals surface area contributed by atoms with Crippen LogP contribution in [-0.4, -0.2) is 22.7 Å². The van der Waals surface area contributed by atoms with E-state index in [0.717, 1.165) is 5.56 Å². The van der Waals surface area contributed by atoms with Crippen LogP contribution in [0.15, 0.2) is 77.7 Å². The third-order valence-electron chi connectivity index (χ3n) is 4.53. The Morgan fingerprint density at radius 1 is 1.03 bits per heavy atom. The second-order valence-electron chi connectivity index (χ2n) is 6.91. The van der Waals surface area contributed by atoms with Crippen LogP contribution >= 0.6 is 47.2 Å². The molecular weight excluding hydrogens is 499 g/mol. The average Bonchev–Trinajstić information content (AvgIpc) is 3.07. The minimum absolute atomic E-state index is 0.162. The lowest BCUT2D eigenvalue weighted by molar-refractivity contribution is -0.118. The normalized spacial score (nSPS) is 14.6. The Morgan fingerprint density at radius 2 is 1.70 bits per heavy atom. The summed E-state index contributed by atoms with van der Waals surface area (Å²) in [5, 5.41) is 3.91. The number of hydrogen-bond acceptors (Lipinski definition) is 5. The van der Waals surface area contributed by atoms with Crippen molar-refractivity contribution in [2.75, 3.05) is 16.8 Å². The molecule has 0 aromatic heterocycles. The zero-order chi connectivity index (χ0) is 23.4. The molecule has 3 aromatic rings. The molecule has 3 aromatic carbocycles. The minimum atomic E-state index is -0.299. The molecule has 9 heteroatoms. The van der Waals surface area contributed by atoms with E-state index in [2.05, 4.69) is 5.32 Å². The van der Waals surface area contributed by atoms with Crippen LogP contribution < -0.4 is 15.0 Å². The summed E-state index contributed by atoms with van der Waals surface area (Å²) in [7, 11) is 0. The lowest BCUT2D eigenvalue weighted by Crippen LogP contribution is -2.27. The third-order valence-corrected chi connectivity index (χ3v) is 6.34. The van der Waals surface area contributed by atoms with Crippen molar-refractivity contribution in [3.8, 4) is 5.75 Å². The van der Waals surface area contributed by atoms with Crippen molar-refractivity contribution in [1.82, 2.24) is 0 Å². The van der Waals surface area contributed by atoms with Crippen molar-refractivity contribution in [2.24, 2.45) is 0 Å². The van der Waals surface area contributed by atoms with Crippen molar-refractivity contribution in [1.29, 1.82) is 0 Å². The molecule has 2 amide bonds. The van der Waals surface area contributed by atoms with E-state index >= 15 is 0 Å². The van der Waals surface area contributed by atoms with Crippen molar-refractivity contribution in [3.63, 3.8) is 0 Å². The fourth-order valence-corrected chi connectivity index (χ4v) is 4.56. The summed E-state index contributed by atoms with van der Waals surface area (Å²) in [6.45, 7) is -0.162. The highest BCUT2D eigenvalue weighted by atomic mass is 35.5. The summed E-state index contributed by atoms with van der Waals surface area (Å²) < 4.78 is 6.05. The topological polar surface area (TPSA) is 58.6 Å². The molecule has 0 saturated carbocycles. The molecule has 1 aliphatic rings. The standard InChI is InChI=1S/C24H16Cl2N2O3S2/c25-16-4-8-18(9-5-16)27-22(29)14-31-20-3-1-2-15(12-20)13-21-23(30)28(24(32)33-21)19-10-6-17(26)7-11-19/h1-13H,14H2,(H,27,29)/b21-13-. The van der Waals surface area contributed by atoms with Gasteiger partial charge in [-0.3, -0.25) is 14.5 Å². The molecule has 0 radical (unpaired) electrons. The second kappa shape index (κ2) is 10.4. The molecule has 0 aliphatic carbocycles. The number of amides is 2. The molecule has 166 valence electrons. The maximum absolute atomic E-state index is 12.9. The highest BCUT2D eigenvalue weighted by Crippen LogP contribution is 2.36. The predicted molar refractivity (Wildman–Crippen MR) is 139 cm³/mol. The first-order chi connectivity index (χ1) is 15.9. The molecule has 0 atom stereocenters. The molecule has 0 bridgehead atoms. The van der Waals surface area contributed by atoms with Gasteiger partial charge in [0.15, 0.2) is 10.9 Å². The van der Waals surface area contributed by atoms with E-state index in [9.17, 15) is 9.59 Å². The smallest absolute Gasteiger partial charge is 0.270 e. The van der Waals surface area contributed by atoms with Crippen LogP contribution in [0.2, 0.25) is 10.0 Å². The van der Waals surface area contributed by atoms with Crippen LogP contribution in [0.3, 0.4) is 0 Å². The monoisotopic (exact) mass is 514 g/mol. The van der Waals surface area contributed by atoms with Gasteiger partial charge in [-0.25, -0.2) is 0 Å². The number of benzene rings is 3. The Labute approximate surface area is 210 Å². The van der Waals surface area contributed by atoms with E-state index in [0.29, 0.717) is 36.4 Å². The lowest BCUT2D eigenvalue weighted by atomic mass is 10.2. The summed E-state index contributed by atoms with van der Waals surface area (Å²) in [5.74, 6) is -0.00395. The second-order valence-corrected chi connectivity index (χ2v) is 9.46. The fourth-order valence-electron chi connectivity index (χ4n) is 3.01. The predicted octanol–water partition coefficient (Wildman–Crippen LogP) is 6.42. The summed E-state index contributed by atoms with van der Waals surface area (Å²) in [4.78, 5) is 27.0. The number of nitrogens with one attached hydrogen (secondary N) is 1. The van der Waals surface area contributed by atoms with Gasteiger partial charge in [-0.15, -0.1) is 0 Å². The average molecular weight is 515 g/mol. The summed E-state index contributed by atoms with van der Waals surface area (Å²) in [6.07, 6.45) is 1.75. The Hall–Kier alpha value is -2.84. The van der Waals surface area contributed by atoms with Crippen molar-refractivity contribution < 1.29 is 14.3 Å². The lowest BCUT2D eigenvalue weighted by Gasteiger charge is -2.14. The summed E-state index contributed by atoms with van der Waals surface area (Å²) in [6, 6.07) is 20.9. The van der Waals surface area contributed by atoms with E-state index < -0.39 is 0 Å². The number of carbonyl (C=O) groups is 2. The van der Waals surface area contributed by atoms with Gasteiger partial charge in [0, 0.05) is 15.7 Å². The fraction of sp³-hybridized carbons (Fsp3) is 0.0417. The molecule has 33 heavy (non-hydrogen) atoms. The largest absolute Gasteiger partial charge is 0.484 e. The first-order valence-corrected chi connectivity index (χ1v) is 11.7. The number of carbonyl (C=O) groups excluding carboxylic acids is 2. The molecular formula is C24H16Cl2N2O3S2. The van der Waals surface area contributed by atoms with Gasteiger partial charge >= 0.3 is 0 Å². The Kier molecular flexibility index (Phi) is 7.35. The minimum Gasteiger partial charge on any atom is -0.484 e. The molecule has 1 N–H and O–H groups in total. The van der Waals surface area contributed by atoms with E-state index in [1.807, 2.05) is 6.07 Å². The van der Waals surface area contributed by atoms with E-state index in [1.165, 1.54) is 16.7 Å². The zero-order valence-corrected chi connectivity index (χ0v) is 20.1. The number of hydrogen-bond donors (Lipinski definition) is 1. The van der Waals surface area contributed by atoms with Crippen LogP contribution in [-0.2, 0) is 9.59 Å². The molecule has 1 saturated heterocycles. The first-order valence-electron chi connectivity index (χ1n) is 9.71. The summed E-state index contributed by atoms with van der Waals surface area (Å²) >= 11 is 18.4. The Balaban J connectivity index is 1.41. The number of ether oxygens (including phenoxy) is 1. The zero-order valence-electron chi connectivity index (χ0n) is 17.0.